The third-order valence-electron chi connectivity index (χ3n) is 6.97. The third-order valence-corrected chi connectivity index (χ3v) is 7.20. The Kier molecular flexibility index (Phi) is 9.07. The fraction of sp³-hybridized carbons (Fsp3) is 0.500. The molecule has 1 aliphatic rings. The first-order valence-electron chi connectivity index (χ1n) is 12.2. The van der Waals surface area contributed by atoms with Crippen LogP contribution in [0.4, 0.5) is 13.2 Å². The van der Waals surface area contributed by atoms with Crippen LogP contribution in [0.5, 0.6) is 0 Å². The molecule has 0 unspecified atom stereocenters. The number of hydrogen-bond donors (Lipinski definition) is 3. The lowest BCUT2D eigenvalue weighted by molar-refractivity contribution is -0.121. The molecule has 2 aromatic rings. The Morgan fingerprint density at radius 2 is 1.92 bits per heavy atom. The lowest BCUT2D eigenvalue weighted by Crippen LogP contribution is -2.44. The van der Waals surface area contributed by atoms with Crippen LogP contribution >= 0.6 is 11.6 Å². The zero-order chi connectivity index (χ0) is 27.5. The van der Waals surface area contributed by atoms with Crippen LogP contribution in [0.3, 0.4) is 0 Å². The molecular weight excluding hydrogens is 505 g/mol. The van der Waals surface area contributed by atoms with E-state index < -0.39 is 53.6 Å². The van der Waals surface area contributed by atoms with Crippen molar-refractivity contribution in [3.05, 3.63) is 70.0 Å². The normalized spacial score (nSPS) is 24.6. The zero-order valence-corrected chi connectivity index (χ0v) is 21.8. The summed E-state index contributed by atoms with van der Waals surface area (Å²) in [6.07, 6.45) is -0.321. The molecule has 1 saturated heterocycles. The maximum absolute atomic E-state index is 15.5. The summed E-state index contributed by atoms with van der Waals surface area (Å²) in [6, 6.07) is 7.72. The second kappa shape index (κ2) is 11.5. The van der Waals surface area contributed by atoms with Gasteiger partial charge in [-0.25, -0.2) is 13.2 Å². The standard InChI is InChI=1S/C28H32ClF3N2O3/c1-27(2,3)13-23-28(15-33,19-11-10-16(29)12-21(19)31)24(18-7-5-8-20(30)25(18)32)26(34-23)22(37)9-4-6-17(36)14-35/h5,7-8,10-12,17,23-24,26,34-36H,4,6,9,13-14H2,1-3H3/t17-,23-,24-,26-,28-/m0/s1. The number of halogens is 4. The van der Waals surface area contributed by atoms with Gasteiger partial charge in [-0.05, 0) is 48.4 Å². The van der Waals surface area contributed by atoms with Gasteiger partial charge in [0.05, 0.1) is 24.8 Å². The van der Waals surface area contributed by atoms with Crippen molar-refractivity contribution in [2.45, 2.75) is 76.0 Å². The van der Waals surface area contributed by atoms with E-state index in [1.807, 2.05) is 20.8 Å². The fourth-order valence-corrected chi connectivity index (χ4v) is 5.53. The molecule has 3 N–H and O–H groups in total. The van der Waals surface area contributed by atoms with Gasteiger partial charge in [0, 0.05) is 29.0 Å². The summed E-state index contributed by atoms with van der Waals surface area (Å²) in [6.45, 7) is 5.34. The fourth-order valence-electron chi connectivity index (χ4n) is 5.37. The molecule has 5 atom stereocenters. The molecule has 0 aliphatic carbocycles. The number of nitrogens with zero attached hydrogens (tertiary/aromatic N) is 1. The predicted octanol–water partition coefficient (Wildman–Crippen LogP) is 5.17. The second-order valence-electron chi connectivity index (χ2n) is 10.9. The van der Waals surface area contributed by atoms with E-state index in [2.05, 4.69) is 11.4 Å². The van der Waals surface area contributed by atoms with Gasteiger partial charge in [-0.15, -0.1) is 0 Å². The molecule has 3 rings (SSSR count). The second-order valence-corrected chi connectivity index (χ2v) is 11.3. The number of carbonyl (C=O) groups is 1. The molecule has 0 spiro atoms. The molecule has 0 amide bonds. The third kappa shape index (κ3) is 6.01. The van der Waals surface area contributed by atoms with Crippen LogP contribution < -0.4 is 5.32 Å². The number of nitrogens with one attached hydrogen (secondary N) is 1. The van der Waals surface area contributed by atoms with E-state index in [0.29, 0.717) is 6.42 Å². The van der Waals surface area contributed by atoms with Gasteiger partial charge in [-0.3, -0.25) is 4.79 Å². The van der Waals surface area contributed by atoms with E-state index in [9.17, 15) is 19.6 Å². The molecule has 0 aromatic heterocycles. The van der Waals surface area contributed by atoms with E-state index >= 15 is 8.78 Å². The molecule has 200 valence electrons. The number of aliphatic hydroxyl groups is 2. The highest BCUT2D eigenvalue weighted by atomic mass is 35.5. The highest BCUT2D eigenvalue weighted by molar-refractivity contribution is 6.30. The van der Waals surface area contributed by atoms with Crippen molar-refractivity contribution in [1.82, 2.24) is 5.32 Å². The number of rotatable bonds is 9. The van der Waals surface area contributed by atoms with Crippen molar-refractivity contribution in [1.29, 1.82) is 5.26 Å². The summed E-state index contributed by atoms with van der Waals surface area (Å²) in [7, 11) is 0. The number of aliphatic hydroxyl groups excluding tert-OH is 2. The van der Waals surface area contributed by atoms with Crippen molar-refractivity contribution in [2.75, 3.05) is 6.61 Å². The Morgan fingerprint density at radius 1 is 1.22 bits per heavy atom. The van der Waals surface area contributed by atoms with Crippen molar-refractivity contribution in [3.63, 3.8) is 0 Å². The monoisotopic (exact) mass is 536 g/mol. The van der Waals surface area contributed by atoms with E-state index in [1.165, 1.54) is 24.3 Å². The molecule has 1 aliphatic heterocycles. The van der Waals surface area contributed by atoms with Crippen molar-refractivity contribution in [2.24, 2.45) is 5.41 Å². The minimum absolute atomic E-state index is 0.0466. The number of benzene rings is 2. The first-order chi connectivity index (χ1) is 17.4. The quantitative estimate of drug-likeness (QED) is 0.411. The van der Waals surface area contributed by atoms with E-state index in [-0.39, 0.29) is 46.6 Å². The molecule has 9 heteroatoms. The van der Waals surface area contributed by atoms with Gasteiger partial charge >= 0.3 is 0 Å². The molecule has 5 nitrogen and oxygen atoms in total. The average Bonchev–Trinajstić information content (AvgIpc) is 3.13. The molecule has 0 saturated carbocycles. The maximum atomic E-state index is 15.5. The summed E-state index contributed by atoms with van der Waals surface area (Å²) < 4.78 is 45.3. The minimum atomic E-state index is -1.78. The molecule has 2 aromatic carbocycles. The summed E-state index contributed by atoms with van der Waals surface area (Å²) in [5, 5.41) is 32.8. The summed E-state index contributed by atoms with van der Waals surface area (Å²) in [5.41, 5.74) is -2.41. The molecule has 0 radical (unpaired) electrons. The molecule has 1 heterocycles. The summed E-state index contributed by atoms with van der Waals surface area (Å²) in [5.74, 6) is -4.77. The lowest BCUT2D eigenvalue weighted by Gasteiger charge is -2.37. The first-order valence-corrected chi connectivity index (χ1v) is 12.6. The van der Waals surface area contributed by atoms with Crippen LogP contribution in [0.2, 0.25) is 5.02 Å². The van der Waals surface area contributed by atoms with Crippen LogP contribution in [0.25, 0.3) is 0 Å². The van der Waals surface area contributed by atoms with Crippen LogP contribution in [0.15, 0.2) is 36.4 Å². The highest BCUT2D eigenvalue weighted by Crippen LogP contribution is 2.52. The van der Waals surface area contributed by atoms with Crippen LogP contribution in [-0.2, 0) is 10.2 Å². The van der Waals surface area contributed by atoms with Gasteiger partial charge in [0.1, 0.15) is 17.0 Å². The minimum Gasteiger partial charge on any atom is -0.394 e. The number of carbonyl (C=O) groups excluding carboxylic acids is 1. The van der Waals surface area contributed by atoms with E-state index in [0.717, 1.165) is 12.1 Å². The van der Waals surface area contributed by atoms with E-state index in [4.69, 9.17) is 16.7 Å². The van der Waals surface area contributed by atoms with Gasteiger partial charge in [-0.2, -0.15) is 5.26 Å². The van der Waals surface area contributed by atoms with Gasteiger partial charge in [0.2, 0.25) is 0 Å². The highest BCUT2D eigenvalue weighted by Gasteiger charge is 2.60. The van der Waals surface area contributed by atoms with Crippen LogP contribution in [-0.4, -0.2) is 40.8 Å². The zero-order valence-electron chi connectivity index (χ0n) is 21.1. The topological polar surface area (TPSA) is 93.3 Å². The lowest BCUT2D eigenvalue weighted by atomic mass is 9.62. The molecule has 0 bridgehead atoms. The van der Waals surface area contributed by atoms with Gasteiger partial charge in [0.25, 0.3) is 0 Å². The SMILES string of the molecule is CC(C)(C)C[C@@H]1N[C@@H](C(=O)CCC[C@H](O)CO)[C@H](c2cccc(F)c2F)[C@@]1(C#N)c1ccc(Cl)cc1F. The summed E-state index contributed by atoms with van der Waals surface area (Å²) >= 11 is 5.99. The Hall–Kier alpha value is -2.44. The maximum Gasteiger partial charge on any atom is 0.162 e. The van der Waals surface area contributed by atoms with Gasteiger partial charge in [-0.1, -0.05) is 50.6 Å². The molecule has 37 heavy (non-hydrogen) atoms. The number of Topliss-reactive ketones (excluding diaryl/α,β-unsaturated/α-hetero) is 1. The Morgan fingerprint density at radius 3 is 2.51 bits per heavy atom. The van der Waals surface area contributed by atoms with Gasteiger partial charge < -0.3 is 15.5 Å². The molecular formula is C28H32ClF3N2O3. The van der Waals surface area contributed by atoms with Crippen molar-refractivity contribution < 1.29 is 28.2 Å². The largest absolute Gasteiger partial charge is 0.394 e. The predicted molar refractivity (Wildman–Crippen MR) is 135 cm³/mol. The van der Waals surface area contributed by atoms with Crippen molar-refractivity contribution >= 4 is 17.4 Å². The van der Waals surface area contributed by atoms with Crippen LogP contribution in [0, 0.1) is 34.2 Å². The number of ketones is 1. The number of hydrogen-bond acceptors (Lipinski definition) is 5. The Bertz CT molecular complexity index is 1180. The number of nitriles is 1. The van der Waals surface area contributed by atoms with Crippen LogP contribution in [0.1, 0.15) is 63.5 Å². The van der Waals surface area contributed by atoms with Gasteiger partial charge in [0.15, 0.2) is 11.6 Å². The Labute approximate surface area is 220 Å². The molecule has 1 fully saturated rings. The Balaban J connectivity index is 2.24. The van der Waals surface area contributed by atoms with E-state index in [1.54, 1.807) is 0 Å². The van der Waals surface area contributed by atoms with Crippen molar-refractivity contribution in [3.8, 4) is 6.07 Å². The summed E-state index contributed by atoms with van der Waals surface area (Å²) in [4.78, 5) is 13.5. The average molecular weight is 537 g/mol. The smallest absolute Gasteiger partial charge is 0.162 e. The first kappa shape index (κ1) is 29.1.